The summed E-state index contributed by atoms with van der Waals surface area (Å²) in [4.78, 5) is 0. The van der Waals surface area contributed by atoms with E-state index in [1.807, 2.05) is 6.92 Å². The van der Waals surface area contributed by atoms with Gasteiger partial charge in [-0.1, -0.05) is 23.7 Å². The molecule has 0 amide bonds. The van der Waals surface area contributed by atoms with Crippen LogP contribution in [-0.2, 0) is 13.0 Å². The average molecular weight is 287 g/mol. The molecule has 1 atom stereocenters. The lowest BCUT2D eigenvalue weighted by atomic mass is 10.0. The molecular formula is C13H13ClF2N2O. The number of hydrogen-bond donors (Lipinski definition) is 1. The molecule has 0 bridgehead atoms. The largest absolute Gasteiger partial charge is 0.386 e. The number of aromatic nitrogens is 2. The molecule has 0 saturated carbocycles. The molecule has 1 aromatic carbocycles. The van der Waals surface area contributed by atoms with Crippen molar-refractivity contribution in [1.82, 2.24) is 9.78 Å². The van der Waals surface area contributed by atoms with Crippen LogP contribution in [0.3, 0.4) is 0 Å². The lowest BCUT2D eigenvalue weighted by Gasteiger charge is -2.13. The van der Waals surface area contributed by atoms with Crippen LogP contribution in [0.2, 0.25) is 5.02 Å². The molecule has 1 N–H and O–H groups in total. The number of benzene rings is 1. The normalized spacial score (nSPS) is 12.7. The van der Waals surface area contributed by atoms with Crippen LogP contribution in [0.4, 0.5) is 8.78 Å². The summed E-state index contributed by atoms with van der Waals surface area (Å²) in [7, 11) is 0. The van der Waals surface area contributed by atoms with E-state index in [4.69, 9.17) is 11.6 Å². The number of aryl methyl sites for hydroxylation is 1. The van der Waals surface area contributed by atoms with Crippen molar-refractivity contribution in [3.8, 4) is 0 Å². The zero-order chi connectivity index (χ0) is 14.0. The van der Waals surface area contributed by atoms with Crippen molar-refractivity contribution in [3.05, 3.63) is 52.3 Å². The van der Waals surface area contributed by atoms with E-state index in [1.165, 1.54) is 23.0 Å². The molecule has 0 radical (unpaired) electrons. The van der Waals surface area contributed by atoms with Crippen molar-refractivity contribution < 1.29 is 13.9 Å². The Balaban J connectivity index is 2.28. The molecule has 2 aromatic rings. The standard InChI is InChI=1S/C13H13ClF2N2O/c1-2-18-13(9(14)7-17-18)11(19)6-8-4-3-5-10(15)12(8)16/h3-5,7,11,19H,2,6H2,1H3. The van der Waals surface area contributed by atoms with Gasteiger partial charge in [-0.3, -0.25) is 4.68 Å². The predicted octanol–water partition coefficient (Wildman–Crippen LogP) is 3.11. The molecule has 6 heteroatoms. The van der Waals surface area contributed by atoms with Crippen molar-refractivity contribution in [2.24, 2.45) is 0 Å². The maximum Gasteiger partial charge on any atom is 0.162 e. The first-order valence-electron chi connectivity index (χ1n) is 5.86. The number of hydrogen-bond acceptors (Lipinski definition) is 2. The van der Waals surface area contributed by atoms with E-state index >= 15 is 0 Å². The number of rotatable bonds is 4. The molecule has 0 aliphatic rings. The Bertz CT molecular complexity index is 586. The molecule has 0 saturated heterocycles. The molecule has 0 aliphatic carbocycles. The average Bonchev–Trinajstić information content (AvgIpc) is 2.76. The van der Waals surface area contributed by atoms with Gasteiger partial charge in [-0.15, -0.1) is 0 Å². The Hall–Kier alpha value is -1.46. The summed E-state index contributed by atoms with van der Waals surface area (Å²) in [5.41, 5.74) is 0.514. The van der Waals surface area contributed by atoms with Gasteiger partial charge >= 0.3 is 0 Å². The third-order valence-electron chi connectivity index (χ3n) is 2.89. The van der Waals surface area contributed by atoms with Gasteiger partial charge in [0.05, 0.1) is 16.9 Å². The molecule has 19 heavy (non-hydrogen) atoms. The van der Waals surface area contributed by atoms with Crippen LogP contribution >= 0.6 is 11.6 Å². The topological polar surface area (TPSA) is 38.0 Å². The molecule has 1 heterocycles. The summed E-state index contributed by atoms with van der Waals surface area (Å²) in [6.45, 7) is 2.38. The Labute approximate surface area is 114 Å². The van der Waals surface area contributed by atoms with Gasteiger partial charge in [-0.25, -0.2) is 8.78 Å². The fourth-order valence-corrected chi connectivity index (χ4v) is 2.23. The second-order valence-corrected chi connectivity index (χ2v) is 4.53. The number of aliphatic hydroxyl groups excluding tert-OH is 1. The summed E-state index contributed by atoms with van der Waals surface area (Å²) >= 11 is 5.94. The van der Waals surface area contributed by atoms with Gasteiger partial charge in [0.2, 0.25) is 0 Å². The third kappa shape index (κ3) is 2.77. The summed E-state index contributed by atoms with van der Waals surface area (Å²) in [5.74, 6) is -1.87. The first-order chi connectivity index (χ1) is 9.04. The predicted molar refractivity (Wildman–Crippen MR) is 67.9 cm³/mol. The number of aliphatic hydroxyl groups is 1. The van der Waals surface area contributed by atoms with Crippen molar-refractivity contribution in [2.45, 2.75) is 26.0 Å². The lowest BCUT2D eigenvalue weighted by Crippen LogP contribution is -2.11. The van der Waals surface area contributed by atoms with E-state index < -0.39 is 17.7 Å². The Morgan fingerprint density at radius 2 is 2.16 bits per heavy atom. The summed E-state index contributed by atoms with van der Waals surface area (Å²) < 4.78 is 28.2. The van der Waals surface area contributed by atoms with Crippen LogP contribution < -0.4 is 0 Å². The Morgan fingerprint density at radius 3 is 2.84 bits per heavy atom. The van der Waals surface area contributed by atoms with Gasteiger partial charge in [0.15, 0.2) is 11.6 Å². The van der Waals surface area contributed by atoms with E-state index in [0.29, 0.717) is 17.3 Å². The van der Waals surface area contributed by atoms with Gasteiger partial charge in [0.1, 0.15) is 6.10 Å². The van der Waals surface area contributed by atoms with Crippen LogP contribution in [-0.4, -0.2) is 14.9 Å². The fourth-order valence-electron chi connectivity index (χ4n) is 1.97. The summed E-state index contributed by atoms with van der Waals surface area (Å²) in [5, 5.41) is 14.4. The van der Waals surface area contributed by atoms with E-state index in [1.54, 1.807) is 0 Å². The van der Waals surface area contributed by atoms with Crippen molar-refractivity contribution in [1.29, 1.82) is 0 Å². The lowest BCUT2D eigenvalue weighted by molar-refractivity contribution is 0.165. The third-order valence-corrected chi connectivity index (χ3v) is 3.18. The molecule has 0 aliphatic heterocycles. The molecule has 0 fully saturated rings. The van der Waals surface area contributed by atoms with Gasteiger partial charge in [0.25, 0.3) is 0 Å². The van der Waals surface area contributed by atoms with Gasteiger partial charge < -0.3 is 5.11 Å². The molecule has 2 rings (SSSR count). The smallest absolute Gasteiger partial charge is 0.162 e. The zero-order valence-corrected chi connectivity index (χ0v) is 11.0. The molecule has 3 nitrogen and oxygen atoms in total. The monoisotopic (exact) mass is 286 g/mol. The van der Waals surface area contributed by atoms with Crippen LogP contribution in [0.25, 0.3) is 0 Å². The highest BCUT2D eigenvalue weighted by molar-refractivity contribution is 6.31. The second-order valence-electron chi connectivity index (χ2n) is 4.13. The molecule has 1 aromatic heterocycles. The molecule has 0 spiro atoms. The molecule has 102 valence electrons. The van der Waals surface area contributed by atoms with E-state index in [-0.39, 0.29) is 12.0 Å². The highest BCUT2D eigenvalue weighted by Crippen LogP contribution is 2.26. The molecule has 1 unspecified atom stereocenters. The van der Waals surface area contributed by atoms with Crippen LogP contribution in [0.5, 0.6) is 0 Å². The minimum atomic E-state index is -1.04. The maximum atomic E-state index is 13.5. The van der Waals surface area contributed by atoms with Gasteiger partial charge in [-0.05, 0) is 18.6 Å². The second kappa shape index (κ2) is 5.67. The number of nitrogens with zero attached hydrogens (tertiary/aromatic N) is 2. The minimum absolute atomic E-state index is 0.0605. The highest BCUT2D eigenvalue weighted by Gasteiger charge is 2.20. The summed E-state index contributed by atoms with van der Waals surface area (Å²) in [6.07, 6.45) is 0.326. The Morgan fingerprint density at radius 1 is 1.42 bits per heavy atom. The van der Waals surface area contributed by atoms with Crippen LogP contribution in [0, 0.1) is 11.6 Å². The Kier molecular flexibility index (Phi) is 4.17. The molecular weight excluding hydrogens is 274 g/mol. The van der Waals surface area contributed by atoms with E-state index in [2.05, 4.69) is 5.10 Å². The van der Waals surface area contributed by atoms with Crippen LogP contribution in [0.1, 0.15) is 24.3 Å². The van der Waals surface area contributed by atoms with Gasteiger partial charge in [0, 0.05) is 13.0 Å². The van der Waals surface area contributed by atoms with Crippen molar-refractivity contribution in [2.75, 3.05) is 0 Å². The maximum absolute atomic E-state index is 13.5. The quantitative estimate of drug-likeness (QED) is 0.938. The fraction of sp³-hybridized carbons (Fsp3) is 0.308. The zero-order valence-electron chi connectivity index (χ0n) is 10.3. The van der Waals surface area contributed by atoms with Crippen molar-refractivity contribution >= 4 is 11.6 Å². The SMILES string of the molecule is CCn1ncc(Cl)c1C(O)Cc1cccc(F)c1F. The van der Waals surface area contributed by atoms with E-state index in [0.717, 1.165) is 6.07 Å². The van der Waals surface area contributed by atoms with Crippen LogP contribution in [0.15, 0.2) is 24.4 Å². The summed E-state index contributed by atoms with van der Waals surface area (Å²) in [6, 6.07) is 3.87. The minimum Gasteiger partial charge on any atom is -0.386 e. The first-order valence-corrected chi connectivity index (χ1v) is 6.24. The number of halogens is 3. The van der Waals surface area contributed by atoms with E-state index in [9.17, 15) is 13.9 Å². The van der Waals surface area contributed by atoms with Gasteiger partial charge in [-0.2, -0.15) is 5.10 Å². The first kappa shape index (κ1) is 14.0. The highest BCUT2D eigenvalue weighted by atomic mass is 35.5. The van der Waals surface area contributed by atoms with Crippen molar-refractivity contribution in [3.63, 3.8) is 0 Å².